The predicted octanol–water partition coefficient (Wildman–Crippen LogP) is 2.62. The molecule has 2 nitrogen and oxygen atoms in total. The molecule has 1 aromatic rings. The molecule has 2 atom stereocenters. The summed E-state index contributed by atoms with van der Waals surface area (Å²) in [5, 5.41) is 0. The van der Waals surface area contributed by atoms with E-state index in [2.05, 4.69) is 26.0 Å². The van der Waals surface area contributed by atoms with Gasteiger partial charge in [-0.3, -0.25) is 4.79 Å². The Morgan fingerprint density at radius 3 is 2.50 bits per heavy atom. The second-order valence-corrected chi connectivity index (χ2v) is 5.07. The van der Waals surface area contributed by atoms with Crippen molar-refractivity contribution in [3.63, 3.8) is 0 Å². The SMILES string of the molecule is CCCC1(C(N)=O)CC1(C)c1ccccc1. The molecule has 1 fully saturated rings. The van der Waals surface area contributed by atoms with Gasteiger partial charge in [0.1, 0.15) is 0 Å². The van der Waals surface area contributed by atoms with Crippen molar-refractivity contribution in [2.24, 2.45) is 11.1 Å². The Bertz CT molecular complexity index is 400. The lowest BCUT2D eigenvalue weighted by atomic mass is 9.84. The highest BCUT2D eigenvalue weighted by molar-refractivity contribution is 5.87. The van der Waals surface area contributed by atoms with Crippen LogP contribution in [0.2, 0.25) is 0 Å². The van der Waals surface area contributed by atoms with E-state index in [1.807, 2.05) is 18.2 Å². The molecule has 1 aliphatic carbocycles. The lowest BCUT2D eigenvalue weighted by Crippen LogP contribution is -2.31. The van der Waals surface area contributed by atoms with Crippen molar-refractivity contribution in [3.8, 4) is 0 Å². The Balaban J connectivity index is 2.33. The molecule has 0 spiro atoms. The van der Waals surface area contributed by atoms with Gasteiger partial charge in [0.05, 0.1) is 5.41 Å². The van der Waals surface area contributed by atoms with E-state index >= 15 is 0 Å². The largest absolute Gasteiger partial charge is 0.369 e. The van der Waals surface area contributed by atoms with E-state index < -0.39 is 0 Å². The quantitative estimate of drug-likeness (QED) is 0.827. The third-order valence-corrected chi connectivity index (χ3v) is 4.15. The third-order valence-electron chi connectivity index (χ3n) is 4.15. The highest BCUT2D eigenvalue weighted by Crippen LogP contribution is 2.66. The van der Waals surface area contributed by atoms with Gasteiger partial charge < -0.3 is 5.73 Å². The summed E-state index contributed by atoms with van der Waals surface area (Å²) < 4.78 is 0. The Labute approximate surface area is 96.8 Å². The first-order chi connectivity index (χ1) is 7.57. The maximum absolute atomic E-state index is 11.7. The van der Waals surface area contributed by atoms with Crippen molar-refractivity contribution in [2.75, 3.05) is 0 Å². The number of primary amides is 1. The van der Waals surface area contributed by atoms with Gasteiger partial charge in [-0.15, -0.1) is 0 Å². The molecule has 1 saturated carbocycles. The van der Waals surface area contributed by atoms with Crippen LogP contribution in [0.15, 0.2) is 30.3 Å². The highest BCUT2D eigenvalue weighted by Gasteiger charge is 2.67. The van der Waals surface area contributed by atoms with Crippen LogP contribution in [0.5, 0.6) is 0 Å². The molecule has 1 aromatic carbocycles. The van der Waals surface area contributed by atoms with Gasteiger partial charge in [0.25, 0.3) is 0 Å². The Kier molecular flexibility index (Phi) is 2.53. The number of nitrogens with two attached hydrogens (primary N) is 1. The average molecular weight is 217 g/mol. The van der Waals surface area contributed by atoms with Crippen LogP contribution in [0.3, 0.4) is 0 Å². The number of hydrogen-bond acceptors (Lipinski definition) is 1. The van der Waals surface area contributed by atoms with Gasteiger partial charge in [0, 0.05) is 5.41 Å². The van der Waals surface area contributed by atoms with Crippen LogP contribution in [0.4, 0.5) is 0 Å². The Hall–Kier alpha value is -1.31. The lowest BCUT2D eigenvalue weighted by molar-refractivity contribution is -0.124. The zero-order valence-electron chi connectivity index (χ0n) is 9.99. The van der Waals surface area contributed by atoms with E-state index in [0.717, 1.165) is 19.3 Å². The van der Waals surface area contributed by atoms with Crippen molar-refractivity contribution >= 4 is 5.91 Å². The molecule has 1 amide bonds. The normalized spacial score (nSPS) is 32.4. The Morgan fingerprint density at radius 1 is 1.38 bits per heavy atom. The number of rotatable bonds is 4. The minimum absolute atomic E-state index is 0.0455. The fourth-order valence-corrected chi connectivity index (χ4v) is 3.02. The van der Waals surface area contributed by atoms with Gasteiger partial charge >= 0.3 is 0 Å². The van der Waals surface area contributed by atoms with Crippen molar-refractivity contribution < 1.29 is 4.79 Å². The van der Waals surface area contributed by atoms with Crippen LogP contribution >= 0.6 is 0 Å². The molecule has 0 heterocycles. The lowest BCUT2D eigenvalue weighted by Gasteiger charge is -2.19. The summed E-state index contributed by atoms with van der Waals surface area (Å²) in [5.41, 5.74) is 6.48. The average Bonchev–Trinajstić information content (AvgIpc) is 2.89. The summed E-state index contributed by atoms with van der Waals surface area (Å²) in [4.78, 5) is 11.7. The first kappa shape index (κ1) is 11.2. The smallest absolute Gasteiger partial charge is 0.224 e. The van der Waals surface area contributed by atoms with Crippen LogP contribution in [-0.4, -0.2) is 5.91 Å². The molecule has 2 unspecified atom stereocenters. The zero-order chi connectivity index (χ0) is 11.8. The maximum Gasteiger partial charge on any atom is 0.224 e. The number of amides is 1. The standard InChI is InChI=1S/C14H19NO/c1-3-9-14(12(15)16)10-13(14,2)11-7-5-4-6-8-11/h4-8H,3,9-10H2,1-2H3,(H2,15,16). The van der Waals surface area contributed by atoms with E-state index in [1.165, 1.54) is 5.56 Å². The predicted molar refractivity (Wildman–Crippen MR) is 64.9 cm³/mol. The molecule has 1 aliphatic rings. The molecule has 0 aromatic heterocycles. The van der Waals surface area contributed by atoms with Crippen LogP contribution < -0.4 is 5.73 Å². The second kappa shape index (κ2) is 3.62. The van der Waals surface area contributed by atoms with Gasteiger partial charge in [0.2, 0.25) is 5.91 Å². The summed E-state index contributed by atoms with van der Waals surface area (Å²) >= 11 is 0. The van der Waals surface area contributed by atoms with Crippen LogP contribution in [0, 0.1) is 5.41 Å². The van der Waals surface area contributed by atoms with Crippen LogP contribution in [-0.2, 0) is 10.2 Å². The number of carbonyl (C=O) groups is 1. The topological polar surface area (TPSA) is 43.1 Å². The second-order valence-electron chi connectivity index (χ2n) is 5.07. The van der Waals surface area contributed by atoms with E-state index in [9.17, 15) is 4.79 Å². The summed E-state index contributed by atoms with van der Waals surface area (Å²) in [6, 6.07) is 10.2. The van der Waals surface area contributed by atoms with Gasteiger partial charge in [0.15, 0.2) is 0 Å². The first-order valence-electron chi connectivity index (χ1n) is 5.92. The molecule has 16 heavy (non-hydrogen) atoms. The minimum atomic E-state index is -0.302. The first-order valence-corrected chi connectivity index (χ1v) is 5.92. The fraction of sp³-hybridized carbons (Fsp3) is 0.500. The molecule has 0 bridgehead atoms. The summed E-state index contributed by atoms with van der Waals surface area (Å²) in [6.07, 6.45) is 2.80. The molecular weight excluding hydrogens is 198 g/mol. The van der Waals surface area contributed by atoms with Crippen molar-refractivity contribution in [1.82, 2.24) is 0 Å². The number of carbonyl (C=O) groups excluding carboxylic acids is 1. The summed E-state index contributed by atoms with van der Waals surface area (Å²) in [5.74, 6) is -0.138. The molecule has 0 aliphatic heterocycles. The van der Waals surface area contributed by atoms with E-state index in [1.54, 1.807) is 0 Å². The number of benzene rings is 1. The van der Waals surface area contributed by atoms with E-state index in [0.29, 0.717) is 0 Å². The van der Waals surface area contributed by atoms with Crippen molar-refractivity contribution in [3.05, 3.63) is 35.9 Å². The van der Waals surface area contributed by atoms with Crippen molar-refractivity contribution in [1.29, 1.82) is 0 Å². The van der Waals surface area contributed by atoms with Gasteiger partial charge in [-0.1, -0.05) is 50.6 Å². The van der Waals surface area contributed by atoms with Gasteiger partial charge in [-0.05, 0) is 18.4 Å². The molecule has 2 heteroatoms. The van der Waals surface area contributed by atoms with Gasteiger partial charge in [-0.25, -0.2) is 0 Å². The number of hydrogen-bond donors (Lipinski definition) is 1. The third kappa shape index (κ3) is 1.36. The van der Waals surface area contributed by atoms with E-state index in [4.69, 9.17) is 5.73 Å². The highest BCUT2D eigenvalue weighted by atomic mass is 16.1. The minimum Gasteiger partial charge on any atom is -0.369 e. The molecule has 2 rings (SSSR count). The summed E-state index contributed by atoms with van der Waals surface area (Å²) in [6.45, 7) is 4.26. The van der Waals surface area contributed by atoms with Gasteiger partial charge in [-0.2, -0.15) is 0 Å². The monoisotopic (exact) mass is 217 g/mol. The van der Waals surface area contributed by atoms with Crippen LogP contribution in [0.1, 0.15) is 38.7 Å². The molecular formula is C14H19NO. The molecule has 86 valence electrons. The summed E-state index contributed by atoms with van der Waals surface area (Å²) in [7, 11) is 0. The van der Waals surface area contributed by atoms with E-state index in [-0.39, 0.29) is 16.7 Å². The molecule has 0 saturated heterocycles. The van der Waals surface area contributed by atoms with Crippen molar-refractivity contribution in [2.45, 2.75) is 38.5 Å². The van der Waals surface area contributed by atoms with Crippen LogP contribution in [0.25, 0.3) is 0 Å². The zero-order valence-corrected chi connectivity index (χ0v) is 9.99. The molecule has 2 N–H and O–H groups in total. The molecule has 0 radical (unpaired) electrons. The Morgan fingerprint density at radius 2 is 2.00 bits per heavy atom. The maximum atomic E-state index is 11.7. The fourth-order valence-electron chi connectivity index (χ4n) is 3.02.